The maximum Gasteiger partial charge on any atom is 0.330 e. The predicted octanol–water partition coefficient (Wildman–Crippen LogP) is 2.94. The Morgan fingerprint density at radius 3 is 2.27 bits per heavy atom. The zero-order valence-corrected chi connectivity index (χ0v) is 14.3. The van der Waals surface area contributed by atoms with Gasteiger partial charge in [-0.15, -0.1) is 0 Å². The largest absolute Gasteiger partial charge is 0.497 e. The highest BCUT2D eigenvalue weighted by atomic mass is 19.1. The average molecular weight is 361 g/mol. The number of carboxylic acid groups (broad SMARTS) is 1. The summed E-state index contributed by atoms with van der Waals surface area (Å²) in [7, 11) is 1.51. The van der Waals surface area contributed by atoms with Crippen LogP contribution in [0.25, 0.3) is 0 Å². The smallest absolute Gasteiger partial charge is 0.330 e. The van der Waals surface area contributed by atoms with E-state index in [0.29, 0.717) is 23.5 Å². The normalized spacial score (nSPS) is 11.5. The summed E-state index contributed by atoms with van der Waals surface area (Å²) in [6, 6.07) is 10.9. The van der Waals surface area contributed by atoms with Crippen molar-refractivity contribution in [3.05, 3.63) is 59.9 Å². The van der Waals surface area contributed by atoms with Crippen LogP contribution in [0.2, 0.25) is 0 Å². The number of hydrogen-bond acceptors (Lipinski definition) is 4. The molecular weight excluding hydrogens is 341 g/mol. The lowest BCUT2D eigenvalue weighted by Crippen LogP contribution is -2.33. The molecule has 0 bridgehead atoms. The maximum atomic E-state index is 12.8. The van der Waals surface area contributed by atoms with Crippen LogP contribution in [0.4, 0.5) is 4.39 Å². The van der Waals surface area contributed by atoms with Gasteiger partial charge in [-0.2, -0.15) is 0 Å². The Labute approximate surface area is 150 Å². The van der Waals surface area contributed by atoms with Crippen LogP contribution in [0, 0.1) is 5.82 Å². The first-order valence-corrected chi connectivity index (χ1v) is 8.04. The molecule has 0 aromatic heterocycles. The molecule has 0 aliphatic rings. The van der Waals surface area contributed by atoms with Crippen molar-refractivity contribution in [2.75, 3.05) is 13.7 Å². The second-order valence-corrected chi connectivity index (χ2v) is 5.52. The first-order chi connectivity index (χ1) is 12.5. The fourth-order valence-electron chi connectivity index (χ4n) is 2.27. The van der Waals surface area contributed by atoms with E-state index in [0.717, 1.165) is 0 Å². The van der Waals surface area contributed by atoms with E-state index in [1.54, 1.807) is 24.3 Å². The second-order valence-electron chi connectivity index (χ2n) is 5.52. The van der Waals surface area contributed by atoms with Gasteiger partial charge in [0.15, 0.2) is 6.04 Å². The van der Waals surface area contributed by atoms with E-state index in [-0.39, 0.29) is 18.8 Å². The highest BCUT2D eigenvalue weighted by molar-refractivity contribution is 5.84. The molecule has 0 spiro atoms. The molecular formula is C19H20FNO5. The number of methoxy groups -OCH3 is 1. The Bertz CT molecular complexity index is 731. The fraction of sp³-hybridized carbons (Fsp3) is 0.263. The van der Waals surface area contributed by atoms with Crippen molar-refractivity contribution in [1.29, 1.82) is 0 Å². The van der Waals surface area contributed by atoms with Crippen molar-refractivity contribution >= 4 is 11.9 Å². The molecule has 2 aromatic carbocycles. The van der Waals surface area contributed by atoms with Crippen LogP contribution in [0.3, 0.4) is 0 Å². The van der Waals surface area contributed by atoms with Gasteiger partial charge >= 0.3 is 5.97 Å². The zero-order valence-electron chi connectivity index (χ0n) is 14.3. The van der Waals surface area contributed by atoms with Gasteiger partial charge < -0.3 is 19.9 Å². The number of halogens is 1. The standard InChI is InChI=1S/C19H20FNO5/c1-25-15-8-4-13(5-9-15)18(19(23)24)21-17(22)3-2-12-26-16-10-6-14(20)7-11-16/h4-11,18H,2-3,12H2,1H3,(H,21,22)(H,23,24). The van der Waals surface area contributed by atoms with Crippen LogP contribution in [0.5, 0.6) is 11.5 Å². The molecule has 0 heterocycles. The quantitative estimate of drug-likeness (QED) is 0.671. The van der Waals surface area contributed by atoms with E-state index in [4.69, 9.17) is 9.47 Å². The maximum absolute atomic E-state index is 12.8. The number of ether oxygens (including phenoxy) is 2. The molecule has 26 heavy (non-hydrogen) atoms. The molecule has 7 heteroatoms. The number of hydrogen-bond donors (Lipinski definition) is 2. The lowest BCUT2D eigenvalue weighted by Gasteiger charge is -2.15. The molecule has 2 rings (SSSR count). The van der Waals surface area contributed by atoms with Crippen molar-refractivity contribution in [3.63, 3.8) is 0 Å². The number of rotatable bonds is 9. The molecule has 0 fully saturated rings. The van der Waals surface area contributed by atoms with E-state index in [1.165, 1.54) is 31.4 Å². The van der Waals surface area contributed by atoms with E-state index in [9.17, 15) is 19.1 Å². The van der Waals surface area contributed by atoms with E-state index in [2.05, 4.69) is 5.32 Å². The summed E-state index contributed by atoms with van der Waals surface area (Å²) in [6.07, 6.45) is 0.513. The van der Waals surface area contributed by atoms with Gasteiger partial charge in [-0.25, -0.2) is 9.18 Å². The Hall–Kier alpha value is -3.09. The lowest BCUT2D eigenvalue weighted by atomic mass is 10.1. The van der Waals surface area contributed by atoms with Crippen molar-refractivity contribution in [2.45, 2.75) is 18.9 Å². The van der Waals surface area contributed by atoms with Crippen molar-refractivity contribution in [3.8, 4) is 11.5 Å². The number of nitrogens with one attached hydrogen (secondary N) is 1. The highest BCUT2D eigenvalue weighted by Crippen LogP contribution is 2.18. The molecule has 2 N–H and O–H groups in total. The molecule has 0 aliphatic heterocycles. The van der Waals surface area contributed by atoms with Crippen molar-refractivity contribution in [1.82, 2.24) is 5.32 Å². The van der Waals surface area contributed by atoms with Gasteiger partial charge in [-0.1, -0.05) is 12.1 Å². The topological polar surface area (TPSA) is 84.9 Å². The molecule has 0 radical (unpaired) electrons. The third kappa shape index (κ3) is 5.77. The van der Waals surface area contributed by atoms with Crippen LogP contribution in [0.15, 0.2) is 48.5 Å². The second kappa shape index (κ2) is 9.41. The van der Waals surface area contributed by atoms with Gasteiger partial charge in [0.2, 0.25) is 5.91 Å². The van der Waals surface area contributed by atoms with Gasteiger partial charge in [-0.05, 0) is 48.4 Å². The van der Waals surface area contributed by atoms with Crippen LogP contribution in [-0.4, -0.2) is 30.7 Å². The molecule has 1 unspecified atom stereocenters. The Morgan fingerprint density at radius 1 is 1.08 bits per heavy atom. The summed E-state index contributed by atoms with van der Waals surface area (Å²) in [6.45, 7) is 0.263. The zero-order chi connectivity index (χ0) is 18.9. The first kappa shape index (κ1) is 19.2. The number of amides is 1. The average Bonchev–Trinajstić information content (AvgIpc) is 2.64. The predicted molar refractivity (Wildman–Crippen MR) is 92.6 cm³/mol. The van der Waals surface area contributed by atoms with Crippen LogP contribution in [-0.2, 0) is 9.59 Å². The van der Waals surface area contributed by atoms with Crippen LogP contribution in [0.1, 0.15) is 24.4 Å². The van der Waals surface area contributed by atoms with E-state index < -0.39 is 17.9 Å². The molecule has 138 valence electrons. The third-order valence-electron chi connectivity index (χ3n) is 3.63. The van der Waals surface area contributed by atoms with Gasteiger partial charge in [0, 0.05) is 6.42 Å². The van der Waals surface area contributed by atoms with Crippen molar-refractivity contribution < 1.29 is 28.6 Å². The number of carbonyl (C=O) groups is 2. The molecule has 2 aromatic rings. The van der Waals surface area contributed by atoms with Crippen LogP contribution < -0.4 is 14.8 Å². The Morgan fingerprint density at radius 2 is 1.69 bits per heavy atom. The van der Waals surface area contributed by atoms with Gasteiger partial charge in [0.25, 0.3) is 0 Å². The Kier molecular flexibility index (Phi) is 6.96. The van der Waals surface area contributed by atoms with E-state index >= 15 is 0 Å². The number of aliphatic carboxylic acids is 1. The monoisotopic (exact) mass is 361 g/mol. The fourth-order valence-corrected chi connectivity index (χ4v) is 2.27. The van der Waals surface area contributed by atoms with Gasteiger partial charge in [0.1, 0.15) is 17.3 Å². The van der Waals surface area contributed by atoms with Gasteiger partial charge in [-0.3, -0.25) is 4.79 Å². The Balaban J connectivity index is 1.81. The van der Waals surface area contributed by atoms with Crippen LogP contribution >= 0.6 is 0 Å². The molecule has 6 nitrogen and oxygen atoms in total. The summed E-state index contributed by atoms with van der Waals surface area (Å²) in [4.78, 5) is 23.4. The number of carbonyl (C=O) groups excluding carboxylic acids is 1. The highest BCUT2D eigenvalue weighted by Gasteiger charge is 2.21. The SMILES string of the molecule is COc1ccc(C(NC(=O)CCCOc2ccc(F)cc2)C(=O)O)cc1. The third-order valence-corrected chi connectivity index (χ3v) is 3.63. The molecule has 1 amide bonds. The molecule has 0 aliphatic carbocycles. The summed E-state index contributed by atoms with van der Waals surface area (Å²) in [5, 5.41) is 11.8. The summed E-state index contributed by atoms with van der Waals surface area (Å²) < 4.78 is 23.2. The van der Waals surface area contributed by atoms with Gasteiger partial charge in [0.05, 0.1) is 13.7 Å². The minimum atomic E-state index is -1.15. The number of benzene rings is 2. The van der Waals surface area contributed by atoms with E-state index in [1.807, 2.05) is 0 Å². The summed E-state index contributed by atoms with van der Waals surface area (Å²) in [5.41, 5.74) is 0.453. The number of carboxylic acids is 1. The summed E-state index contributed by atoms with van der Waals surface area (Å²) >= 11 is 0. The lowest BCUT2D eigenvalue weighted by molar-refractivity contribution is -0.142. The summed E-state index contributed by atoms with van der Waals surface area (Å²) in [5.74, 6) is -0.785. The molecule has 0 saturated heterocycles. The minimum absolute atomic E-state index is 0.112. The van der Waals surface area contributed by atoms with Crippen molar-refractivity contribution in [2.24, 2.45) is 0 Å². The molecule has 1 atom stereocenters. The first-order valence-electron chi connectivity index (χ1n) is 8.04. The molecule has 0 saturated carbocycles. The minimum Gasteiger partial charge on any atom is -0.497 e.